The van der Waals surface area contributed by atoms with Gasteiger partial charge in [0.25, 0.3) is 5.88 Å². The predicted octanol–water partition coefficient (Wildman–Crippen LogP) is 3.34. The highest BCUT2D eigenvalue weighted by Gasteiger charge is 2.16. The fourth-order valence-electron chi connectivity index (χ4n) is 2.00. The fraction of sp³-hybridized carbons (Fsp3) is 0.571. The molecule has 0 atom stereocenters. The first kappa shape index (κ1) is 14.1. The highest BCUT2D eigenvalue weighted by Crippen LogP contribution is 2.26. The monoisotopic (exact) mass is 279 g/mol. The van der Waals surface area contributed by atoms with Crippen LogP contribution in [0.5, 0.6) is 5.88 Å². The number of likely N-dealkylation sites (N-methyl/N-ethyl adjacent to an activating group) is 1. The summed E-state index contributed by atoms with van der Waals surface area (Å²) in [6, 6.07) is 0. The van der Waals surface area contributed by atoms with Crippen molar-refractivity contribution in [1.29, 1.82) is 0 Å². The molecule has 0 saturated heterocycles. The number of nitrogens with zero attached hydrogens (tertiary/aromatic N) is 3. The topological polar surface area (TPSA) is 38.3 Å². The normalized spacial score (nSPS) is 14.6. The Morgan fingerprint density at radius 2 is 2.21 bits per heavy atom. The van der Waals surface area contributed by atoms with E-state index in [9.17, 15) is 0 Å². The summed E-state index contributed by atoms with van der Waals surface area (Å²) in [6.07, 6.45) is 11.0. The molecule has 0 bridgehead atoms. The van der Waals surface area contributed by atoms with E-state index in [-0.39, 0.29) is 0 Å². The lowest BCUT2D eigenvalue weighted by molar-refractivity contribution is 0.295. The van der Waals surface area contributed by atoms with Crippen molar-refractivity contribution >= 4 is 17.3 Å². The summed E-state index contributed by atoms with van der Waals surface area (Å²) in [5, 5.41) is 0. The second kappa shape index (κ2) is 7.28. The minimum absolute atomic E-state index is 0.691. The Kier molecular flexibility index (Phi) is 5.39. The lowest BCUT2D eigenvalue weighted by atomic mass is 10.1. The summed E-state index contributed by atoms with van der Waals surface area (Å²) in [7, 11) is 2.05. The van der Waals surface area contributed by atoms with Crippen LogP contribution in [0.3, 0.4) is 0 Å². The minimum Gasteiger partial charge on any atom is -0.475 e. The largest absolute Gasteiger partial charge is 0.475 e. The number of ether oxygens (including phenoxy) is 1. The molecule has 0 amide bonds. The molecule has 2 heterocycles. The molecule has 2 rings (SSSR count). The minimum atomic E-state index is 0.691. The van der Waals surface area contributed by atoms with Gasteiger partial charge in [-0.25, -0.2) is 0 Å². The molecule has 104 valence electrons. The number of rotatable bonds is 7. The zero-order valence-electron chi connectivity index (χ0n) is 11.6. The molecule has 0 radical (unpaired) electrons. The maximum absolute atomic E-state index is 5.77. The Hall–Kier alpha value is -1.36. The number of aromatic nitrogens is 2. The van der Waals surface area contributed by atoms with Crippen molar-refractivity contribution in [2.24, 2.45) is 0 Å². The van der Waals surface area contributed by atoms with Gasteiger partial charge in [-0.1, -0.05) is 32.3 Å². The lowest BCUT2D eigenvalue weighted by Gasteiger charge is -2.18. The summed E-state index contributed by atoms with van der Waals surface area (Å²) >= 11 is 1.22. The van der Waals surface area contributed by atoms with Crippen molar-refractivity contribution in [3.63, 3.8) is 0 Å². The summed E-state index contributed by atoms with van der Waals surface area (Å²) in [4.78, 5) is 2.12. The van der Waals surface area contributed by atoms with Crippen molar-refractivity contribution in [1.82, 2.24) is 13.6 Å². The average Bonchev–Trinajstić information content (AvgIpc) is 2.87. The van der Waals surface area contributed by atoms with E-state index in [1.807, 2.05) is 6.08 Å². The molecular formula is C14H21N3OS. The van der Waals surface area contributed by atoms with Crippen molar-refractivity contribution in [3.8, 4) is 5.88 Å². The molecule has 19 heavy (non-hydrogen) atoms. The molecular weight excluding hydrogens is 258 g/mol. The van der Waals surface area contributed by atoms with Crippen LogP contribution in [0, 0.1) is 0 Å². The third kappa shape index (κ3) is 4.06. The Morgan fingerprint density at radius 3 is 3.00 bits per heavy atom. The molecule has 4 nitrogen and oxygen atoms in total. The fourth-order valence-corrected chi connectivity index (χ4v) is 2.53. The highest BCUT2D eigenvalue weighted by molar-refractivity contribution is 6.99. The molecule has 1 aromatic rings. The number of allylic oxidation sites excluding steroid dienone is 2. The second-order valence-electron chi connectivity index (χ2n) is 4.78. The van der Waals surface area contributed by atoms with Gasteiger partial charge in [0.05, 0.1) is 18.3 Å². The maximum Gasteiger partial charge on any atom is 0.253 e. The first-order valence-electron chi connectivity index (χ1n) is 6.84. The molecule has 1 aliphatic rings. The van der Waals surface area contributed by atoms with E-state index < -0.39 is 0 Å². The van der Waals surface area contributed by atoms with Gasteiger partial charge in [-0.3, -0.25) is 0 Å². The summed E-state index contributed by atoms with van der Waals surface area (Å²) in [6.45, 7) is 3.80. The zero-order chi connectivity index (χ0) is 13.5. The van der Waals surface area contributed by atoms with Gasteiger partial charge in [0.1, 0.15) is 5.69 Å². The first-order chi connectivity index (χ1) is 9.31. The Balaban J connectivity index is 1.91. The summed E-state index contributed by atoms with van der Waals surface area (Å²) in [5.41, 5.74) is 2.07. The molecule has 0 spiro atoms. The van der Waals surface area contributed by atoms with Gasteiger partial charge in [0, 0.05) is 19.2 Å². The van der Waals surface area contributed by atoms with Gasteiger partial charge in [0.15, 0.2) is 0 Å². The molecule has 0 fully saturated rings. The molecule has 0 aliphatic carbocycles. The quantitative estimate of drug-likeness (QED) is 0.718. The van der Waals surface area contributed by atoms with Crippen molar-refractivity contribution in [2.45, 2.75) is 32.6 Å². The van der Waals surface area contributed by atoms with Gasteiger partial charge >= 0.3 is 0 Å². The van der Waals surface area contributed by atoms with Gasteiger partial charge in [0.2, 0.25) is 0 Å². The molecule has 1 aromatic heterocycles. The van der Waals surface area contributed by atoms with E-state index in [0.29, 0.717) is 5.88 Å². The third-order valence-electron chi connectivity index (χ3n) is 3.06. The van der Waals surface area contributed by atoms with Crippen LogP contribution in [0.25, 0.3) is 5.57 Å². The van der Waals surface area contributed by atoms with E-state index in [0.717, 1.165) is 25.3 Å². The van der Waals surface area contributed by atoms with Gasteiger partial charge < -0.3 is 9.64 Å². The Morgan fingerprint density at radius 1 is 1.32 bits per heavy atom. The van der Waals surface area contributed by atoms with Crippen LogP contribution in [0.4, 0.5) is 0 Å². The molecule has 0 N–H and O–H groups in total. The van der Waals surface area contributed by atoms with Crippen LogP contribution in [0.2, 0.25) is 0 Å². The van der Waals surface area contributed by atoms with Crippen molar-refractivity contribution in [3.05, 3.63) is 24.0 Å². The van der Waals surface area contributed by atoms with Gasteiger partial charge in [-0.15, -0.1) is 4.37 Å². The molecule has 1 aliphatic heterocycles. The molecule has 0 saturated carbocycles. The van der Waals surface area contributed by atoms with Gasteiger partial charge in [-0.2, -0.15) is 4.37 Å². The van der Waals surface area contributed by atoms with Crippen molar-refractivity contribution < 1.29 is 4.74 Å². The third-order valence-corrected chi connectivity index (χ3v) is 3.57. The first-order valence-corrected chi connectivity index (χ1v) is 7.57. The van der Waals surface area contributed by atoms with Crippen LogP contribution >= 0.6 is 11.7 Å². The highest BCUT2D eigenvalue weighted by atomic mass is 32.1. The summed E-state index contributed by atoms with van der Waals surface area (Å²) in [5.74, 6) is 0.691. The number of hydrogen-bond acceptors (Lipinski definition) is 5. The van der Waals surface area contributed by atoms with Crippen molar-refractivity contribution in [2.75, 3.05) is 20.2 Å². The van der Waals surface area contributed by atoms with E-state index in [1.165, 1.54) is 36.6 Å². The SMILES string of the molecule is CCCCCCOc1nsnc1C1=CC=CN(C)C1. The summed E-state index contributed by atoms with van der Waals surface area (Å²) < 4.78 is 14.4. The van der Waals surface area contributed by atoms with Crippen LogP contribution in [0.1, 0.15) is 38.3 Å². The van der Waals surface area contributed by atoms with Crippen LogP contribution in [0.15, 0.2) is 18.4 Å². The Bertz CT molecular complexity index is 453. The number of hydrogen-bond donors (Lipinski definition) is 0. The molecule has 0 aromatic carbocycles. The zero-order valence-corrected chi connectivity index (χ0v) is 12.4. The van der Waals surface area contributed by atoms with Crippen LogP contribution < -0.4 is 4.74 Å². The number of unbranched alkanes of at least 4 members (excludes halogenated alkanes) is 3. The Labute approximate surface area is 119 Å². The van der Waals surface area contributed by atoms with Crippen LogP contribution in [-0.4, -0.2) is 33.8 Å². The van der Waals surface area contributed by atoms with E-state index in [2.05, 4.69) is 39.9 Å². The standard InChI is InChI=1S/C14H21N3OS/c1-3-4-5-6-10-18-14-13(15-19-16-14)12-8-7-9-17(2)11-12/h7-9H,3-6,10-11H2,1-2H3. The van der Waals surface area contributed by atoms with E-state index >= 15 is 0 Å². The van der Waals surface area contributed by atoms with E-state index in [1.54, 1.807) is 0 Å². The molecule has 0 unspecified atom stereocenters. The maximum atomic E-state index is 5.77. The average molecular weight is 279 g/mol. The van der Waals surface area contributed by atoms with Crippen LogP contribution in [-0.2, 0) is 0 Å². The van der Waals surface area contributed by atoms with Gasteiger partial charge in [-0.05, 0) is 18.7 Å². The molecule has 5 heteroatoms. The smallest absolute Gasteiger partial charge is 0.253 e. The lowest BCUT2D eigenvalue weighted by Crippen LogP contribution is -2.16. The van der Waals surface area contributed by atoms with E-state index in [4.69, 9.17) is 4.74 Å². The predicted molar refractivity (Wildman–Crippen MR) is 79.3 cm³/mol. The second-order valence-corrected chi connectivity index (χ2v) is 5.30.